The number of cyclic esters (lactones) is 1. The lowest BCUT2D eigenvalue weighted by Gasteiger charge is -2.12. The van der Waals surface area contributed by atoms with Crippen LogP contribution in [0, 0.1) is 11.3 Å². The van der Waals surface area contributed by atoms with E-state index in [4.69, 9.17) is 10.00 Å². The average molecular weight is 277 g/mol. The monoisotopic (exact) mass is 277 g/mol. The van der Waals surface area contributed by atoms with Gasteiger partial charge < -0.3 is 4.74 Å². The van der Waals surface area contributed by atoms with Crippen LogP contribution in [0.4, 0.5) is 0 Å². The van der Waals surface area contributed by atoms with Gasteiger partial charge in [-0.1, -0.05) is 42.5 Å². The molecule has 0 spiro atoms. The number of hydrogen-bond acceptors (Lipinski definition) is 4. The van der Waals surface area contributed by atoms with E-state index in [1.165, 1.54) is 0 Å². The third-order valence-electron chi connectivity index (χ3n) is 3.48. The van der Waals surface area contributed by atoms with E-state index >= 15 is 0 Å². The molecule has 0 radical (unpaired) electrons. The van der Waals surface area contributed by atoms with Crippen LogP contribution in [0.1, 0.15) is 37.9 Å². The van der Waals surface area contributed by atoms with Crippen molar-refractivity contribution < 1.29 is 14.3 Å². The molecule has 1 atom stereocenters. The van der Waals surface area contributed by atoms with Crippen molar-refractivity contribution in [1.82, 2.24) is 0 Å². The molecule has 1 aliphatic rings. The molecule has 3 rings (SSSR count). The summed E-state index contributed by atoms with van der Waals surface area (Å²) < 4.78 is 5.21. The zero-order valence-electron chi connectivity index (χ0n) is 11.1. The molecule has 2 aromatic rings. The molecule has 0 N–H and O–H groups in total. The summed E-state index contributed by atoms with van der Waals surface area (Å²) in [5.41, 5.74) is 2.08. The van der Waals surface area contributed by atoms with Crippen molar-refractivity contribution in [2.45, 2.75) is 12.5 Å². The van der Waals surface area contributed by atoms with Gasteiger partial charge in [0, 0.05) is 11.1 Å². The largest absolute Gasteiger partial charge is 0.445 e. The highest BCUT2D eigenvalue weighted by atomic mass is 16.6. The normalized spacial score (nSPS) is 16.0. The first-order chi connectivity index (χ1) is 10.2. The minimum atomic E-state index is -0.923. The van der Waals surface area contributed by atoms with Crippen LogP contribution in [0.25, 0.3) is 0 Å². The van der Waals surface area contributed by atoms with E-state index in [2.05, 4.69) is 0 Å². The van der Waals surface area contributed by atoms with Gasteiger partial charge in [-0.25, -0.2) is 4.79 Å². The van der Waals surface area contributed by atoms with Gasteiger partial charge in [0.25, 0.3) is 0 Å². The molecule has 2 aromatic carbocycles. The molecule has 0 amide bonds. The summed E-state index contributed by atoms with van der Waals surface area (Å²) in [6, 6.07) is 15.8. The van der Waals surface area contributed by atoms with Crippen molar-refractivity contribution in [3.8, 4) is 6.07 Å². The highest BCUT2D eigenvalue weighted by molar-refractivity contribution is 6.07. The van der Waals surface area contributed by atoms with Gasteiger partial charge in [-0.2, -0.15) is 5.26 Å². The Morgan fingerprint density at radius 1 is 1.14 bits per heavy atom. The predicted molar refractivity (Wildman–Crippen MR) is 74.7 cm³/mol. The fraction of sp³-hybridized carbons (Fsp3) is 0.118. The molecule has 0 aliphatic carbocycles. The van der Waals surface area contributed by atoms with Crippen molar-refractivity contribution in [1.29, 1.82) is 5.26 Å². The summed E-state index contributed by atoms with van der Waals surface area (Å²) in [7, 11) is 0. The topological polar surface area (TPSA) is 67.2 Å². The summed E-state index contributed by atoms with van der Waals surface area (Å²) in [4.78, 5) is 24.5. The van der Waals surface area contributed by atoms with E-state index in [9.17, 15) is 9.59 Å². The molecule has 21 heavy (non-hydrogen) atoms. The van der Waals surface area contributed by atoms with Gasteiger partial charge in [-0.05, 0) is 11.6 Å². The summed E-state index contributed by atoms with van der Waals surface area (Å²) in [5.74, 6) is -0.777. The lowest BCUT2D eigenvalue weighted by molar-refractivity contribution is 0.0354. The number of carbonyl (C=O) groups excluding carboxylic acids is 2. The van der Waals surface area contributed by atoms with Gasteiger partial charge in [0.05, 0.1) is 18.1 Å². The third kappa shape index (κ3) is 2.19. The third-order valence-corrected chi connectivity index (χ3v) is 3.48. The Labute approximate surface area is 121 Å². The zero-order valence-corrected chi connectivity index (χ0v) is 11.1. The molecule has 0 saturated heterocycles. The van der Waals surface area contributed by atoms with E-state index in [-0.39, 0.29) is 12.2 Å². The summed E-state index contributed by atoms with van der Waals surface area (Å²) in [5, 5.41) is 8.84. The Morgan fingerprint density at radius 2 is 1.86 bits per heavy atom. The first-order valence-corrected chi connectivity index (χ1v) is 6.51. The average Bonchev–Trinajstić information content (AvgIpc) is 2.85. The number of benzene rings is 2. The number of Topliss-reactive ketones (excluding diaryl/α,β-unsaturated/α-hetero) is 1. The van der Waals surface area contributed by atoms with Crippen molar-refractivity contribution in [2.75, 3.05) is 0 Å². The molecule has 0 unspecified atom stereocenters. The van der Waals surface area contributed by atoms with Gasteiger partial charge in [0.2, 0.25) is 5.78 Å². The van der Waals surface area contributed by atoms with Crippen LogP contribution in [0.2, 0.25) is 0 Å². The van der Waals surface area contributed by atoms with Crippen molar-refractivity contribution >= 4 is 11.8 Å². The van der Waals surface area contributed by atoms with E-state index in [0.29, 0.717) is 22.3 Å². The number of fused-ring (bicyclic) bond motifs is 1. The molecule has 4 heteroatoms. The minimum Gasteiger partial charge on any atom is -0.445 e. The lowest BCUT2D eigenvalue weighted by atomic mass is 9.94. The first kappa shape index (κ1) is 13.1. The second-order valence-corrected chi connectivity index (χ2v) is 4.73. The van der Waals surface area contributed by atoms with Crippen molar-refractivity contribution in [3.05, 3.63) is 70.8 Å². The fourth-order valence-corrected chi connectivity index (χ4v) is 2.48. The predicted octanol–water partition coefficient (Wildman–Crippen LogP) is 2.85. The maximum Gasteiger partial charge on any atom is 0.339 e. The number of nitriles is 1. The molecule has 0 aromatic heterocycles. The summed E-state index contributed by atoms with van der Waals surface area (Å²) in [6.07, 6.45) is -0.780. The maximum absolute atomic E-state index is 12.7. The Hall–Kier alpha value is -2.93. The van der Waals surface area contributed by atoms with Crippen LogP contribution < -0.4 is 0 Å². The van der Waals surface area contributed by atoms with Crippen LogP contribution in [-0.2, 0) is 11.2 Å². The zero-order chi connectivity index (χ0) is 14.8. The first-order valence-electron chi connectivity index (χ1n) is 6.51. The van der Waals surface area contributed by atoms with Crippen LogP contribution in [-0.4, -0.2) is 11.8 Å². The highest BCUT2D eigenvalue weighted by Crippen LogP contribution is 2.33. The van der Waals surface area contributed by atoms with Crippen LogP contribution in [0.15, 0.2) is 48.5 Å². The number of rotatable bonds is 3. The molecular weight excluding hydrogens is 266 g/mol. The van der Waals surface area contributed by atoms with Gasteiger partial charge in [-0.3, -0.25) is 4.79 Å². The second kappa shape index (κ2) is 5.22. The van der Waals surface area contributed by atoms with Gasteiger partial charge >= 0.3 is 5.97 Å². The lowest BCUT2D eigenvalue weighted by Crippen LogP contribution is -2.14. The molecule has 1 aliphatic heterocycles. The molecule has 102 valence electrons. The Bertz CT molecular complexity index is 774. The Balaban J connectivity index is 2.02. The van der Waals surface area contributed by atoms with Crippen LogP contribution >= 0.6 is 0 Å². The molecule has 0 fully saturated rings. The number of esters is 1. The molecule has 0 bridgehead atoms. The van der Waals surface area contributed by atoms with Crippen LogP contribution in [0.5, 0.6) is 0 Å². The van der Waals surface area contributed by atoms with Crippen molar-refractivity contribution in [2.24, 2.45) is 0 Å². The number of nitrogens with zero attached hydrogens (tertiary/aromatic N) is 1. The van der Waals surface area contributed by atoms with E-state index < -0.39 is 12.1 Å². The van der Waals surface area contributed by atoms with Gasteiger partial charge in [0.15, 0.2) is 6.10 Å². The minimum absolute atomic E-state index is 0.143. The van der Waals surface area contributed by atoms with Gasteiger partial charge in [0.1, 0.15) is 0 Å². The number of ketones is 1. The highest BCUT2D eigenvalue weighted by Gasteiger charge is 2.36. The Kier molecular flexibility index (Phi) is 3.25. The summed E-state index contributed by atoms with van der Waals surface area (Å²) in [6.45, 7) is 0. The maximum atomic E-state index is 12.7. The number of carbonyl (C=O) groups is 2. The van der Waals surface area contributed by atoms with E-state index in [1.807, 2.05) is 6.07 Å². The molecule has 4 nitrogen and oxygen atoms in total. The van der Waals surface area contributed by atoms with E-state index in [0.717, 1.165) is 0 Å². The fourth-order valence-electron chi connectivity index (χ4n) is 2.48. The molecule has 0 saturated carbocycles. The SMILES string of the molecule is N#CCc1ccccc1C(=O)[C@H]1OC(=O)c2ccccc21. The van der Waals surface area contributed by atoms with E-state index in [1.54, 1.807) is 48.5 Å². The van der Waals surface area contributed by atoms with Crippen LogP contribution in [0.3, 0.4) is 0 Å². The van der Waals surface area contributed by atoms with Crippen molar-refractivity contribution in [3.63, 3.8) is 0 Å². The quantitative estimate of drug-likeness (QED) is 0.639. The second-order valence-electron chi connectivity index (χ2n) is 4.73. The van der Waals surface area contributed by atoms with Gasteiger partial charge in [-0.15, -0.1) is 0 Å². The standard InChI is InChI=1S/C17H11NO3/c18-10-9-11-5-1-2-6-12(11)15(19)16-13-7-3-4-8-14(13)17(20)21-16/h1-8,16H,9H2/t16-/m0/s1. The molecular formula is C17H11NO3. The Morgan fingerprint density at radius 3 is 2.67 bits per heavy atom. The number of ether oxygens (including phenoxy) is 1. The number of hydrogen-bond donors (Lipinski definition) is 0. The summed E-state index contributed by atoms with van der Waals surface area (Å²) >= 11 is 0. The molecule has 1 heterocycles. The smallest absolute Gasteiger partial charge is 0.339 e.